The van der Waals surface area contributed by atoms with Gasteiger partial charge in [-0.25, -0.2) is 14.4 Å². The van der Waals surface area contributed by atoms with Gasteiger partial charge in [0.2, 0.25) is 0 Å². The van der Waals surface area contributed by atoms with E-state index in [2.05, 4.69) is 18.2 Å². The molecule has 0 aliphatic heterocycles. The minimum atomic E-state index is -0.363. The number of benzene rings is 7. The Morgan fingerprint density at radius 2 is 0.537 bits per heavy atom. The molecule has 0 fully saturated rings. The van der Waals surface area contributed by atoms with E-state index < -0.39 is 0 Å². The van der Waals surface area contributed by atoms with Gasteiger partial charge in [-0.05, 0) is 105 Å². The molecule has 6 nitrogen and oxygen atoms in total. The van der Waals surface area contributed by atoms with E-state index in [1.807, 2.05) is 127 Å². The molecule has 0 unspecified atom stereocenters. The predicted molar refractivity (Wildman–Crippen MR) is 209 cm³/mol. The van der Waals surface area contributed by atoms with Crippen LogP contribution in [0, 0.1) is 0 Å². The maximum atomic E-state index is 12.5. The van der Waals surface area contributed by atoms with Gasteiger partial charge in [-0.2, -0.15) is 0 Å². The third kappa shape index (κ3) is 9.05. The van der Waals surface area contributed by atoms with Crippen molar-refractivity contribution in [3.05, 3.63) is 215 Å². The lowest BCUT2D eigenvalue weighted by Crippen LogP contribution is -2.04. The van der Waals surface area contributed by atoms with Crippen LogP contribution in [-0.4, -0.2) is 17.9 Å². The summed E-state index contributed by atoms with van der Waals surface area (Å²) in [4.78, 5) is 37.4. The fourth-order valence-corrected chi connectivity index (χ4v) is 5.93. The van der Waals surface area contributed by atoms with E-state index in [-0.39, 0.29) is 37.7 Å². The largest absolute Gasteiger partial charge is 0.457 e. The van der Waals surface area contributed by atoms with Crippen LogP contribution in [0.4, 0.5) is 0 Å². The maximum Gasteiger partial charge on any atom is 0.338 e. The van der Waals surface area contributed by atoms with Crippen LogP contribution in [0.25, 0.3) is 33.4 Å². The summed E-state index contributed by atoms with van der Waals surface area (Å²) >= 11 is 0. The Morgan fingerprint density at radius 3 is 0.778 bits per heavy atom. The van der Waals surface area contributed by atoms with E-state index in [0.717, 1.165) is 50.1 Å². The van der Waals surface area contributed by atoms with Crippen LogP contribution in [0.2, 0.25) is 0 Å². The Balaban J connectivity index is 1.11. The van der Waals surface area contributed by atoms with Crippen molar-refractivity contribution in [1.29, 1.82) is 0 Å². The van der Waals surface area contributed by atoms with Crippen molar-refractivity contribution >= 4 is 17.9 Å². The van der Waals surface area contributed by atoms with Gasteiger partial charge >= 0.3 is 17.9 Å². The Bertz CT molecular complexity index is 2050. The minimum absolute atomic E-state index is 0.166. The third-order valence-corrected chi connectivity index (χ3v) is 8.93. The molecule has 7 aromatic rings. The highest BCUT2D eigenvalue weighted by Gasteiger charge is 2.12. The summed E-state index contributed by atoms with van der Waals surface area (Å²) in [6, 6.07) is 57.3. The number of rotatable bonds is 12. The average molecular weight is 709 g/mol. The summed E-state index contributed by atoms with van der Waals surface area (Å²) in [6.45, 7) is 0.498. The first-order chi connectivity index (χ1) is 26.5. The van der Waals surface area contributed by atoms with Gasteiger partial charge in [0.15, 0.2) is 0 Å². The highest BCUT2D eigenvalue weighted by molar-refractivity contribution is 5.90. The Labute approximate surface area is 314 Å². The molecule has 0 bridgehead atoms. The fraction of sp³-hybridized carbons (Fsp3) is 0.0625. The summed E-state index contributed by atoms with van der Waals surface area (Å²) in [5.41, 5.74) is 10.2. The summed E-state index contributed by atoms with van der Waals surface area (Å²) < 4.78 is 16.6. The lowest BCUT2D eigenvalue weighted by Gasteiger charge is -2.13. The lowest BCUT2D eigenvalue weighted by molar-refractivity contribution is 0.0464. The summed E-state index contributed by atoms with van der Waals surface area (Å²) in [6.07, 6.45) is 0. The van der Waals surface area contributed by atoms with Crippen LogP contribution in [0.1, 0.15) is 47.8 Å². The molecule has 6 heteroatoms. The van der Waals surface area contributed by atoms with Crippen LogP contribution in [-0.2, 0) is 34.0 Å². The normalized spacial score (nSPS) is 10.7. The van der Waals surface area contributed by atoms with E-state index in [4.69, 9.17) is 14.2 Å². The summed E-state index contributed by atoms with van der Waals surface area (Å²) in [5, 5.41) is 0. The second-order valence-corrected chi connectivity index (χ2v) is 12.7. The van der Waals surface area contributed by atoms with Crippen LogP contribution in [0.15, 0.2) is 182 Å². The molecular weight excluding hydrogens is 673 g/mol. The number of hydrogen-bond acceptors (Lipinski definition) is 6. The molecule has 0 aliphatic carbocycles. The van der Waals surface area contributed by atoms with E-state index in [1.165, 1.54) is 0 Å². The molecular formula is C48H36O6. The first-order valence-electron chi connectivity index (χ1n) is 17.6. The van der Waals surface area contributed by atoms with Crippen molar-refractivity contribution in [1.82, 2.24) is 0 Å². The number of ether oxygens (including phenoxy) is 3. The summed E-state index contributed by atoms with van der Waals surface area (Å²) in [5.74, 6) is -1.09. The van der Waals surface area contributed by atoms with Gasteiger partial charge < -0.3 is 14.2 Å². The van der Waals surface area contributed by atoms with Gasteiger partial charge in [0, 0.05) is 0 Å². The molecule has 0 heterocycles. The molecule has 264 valence electrons. The van der Waals surface area contributed by atoms with Crippen molar-refractivity contribution < 1.29 is 28.6 Å². The maximum absolute atomic E-state index is 12.5. The van der Waals surface area contributed by atoms with E-state index in [0.29, 0.717) is 16.7 Å². The number of carbonyl (C=O) groups excluding carboxylic acids is 3. The molecule has 0 saturated carbocycles. The quantitative estimate of drug-likeness (QED) is 0.0929. The van der Waals surface area contributed by atoms with Crippen LogP contribution in [0.3, 0.4) is 0 Å². The highest BCUT2D eigenvalue weighted by Crippen LogP contribution is 2.34. The minimum Gasteiger partial charge on any atom is -0.457 e. The molecule has 0 amide bonds. The fourth-order valence-electron chi connectivity index (χ4n) is 5.93. The Kier molecular flexibility index (Phi) is 11.1. The van der Waals surface area contributed by atoms with Gasteiger partial charge in [-0.15, -0.1) is 0 Å². The molecule has 0 N–H and O–H groups in total. The van der Waals surface area contributed by atoms with Gasteiger partial charge in [-0.3, -0.25) is 0 Å². The van der Waals surface area contributed by atoms with Crippen LogP contribution < -0.4 is 0 Å². The van der Waals surface area contributed by atoms with Crippen molar-refractivity contribution in [3.8, 4) is 33.4 Å². The highest BCUT2D eigenvalue weighted by atomic mass is 16.5. The zero-order chi connectivity index (χ0) is 37.1. The van der Waals surface area contributed by atoms with Crippen molar-refractivity contribution in [2.45, 2.75) is 19.8 Å². The molecule has 0 saturated heterocycles. The first-order valence-corrected chi connectivity index (χ1v) is 17.6. The first kappa shape index (κ1) is 35.4. The van der Waals surface area contributed by atoms with Crippen LogP contribution >= 0.6 is 0 Å². The molecule has 0 radical (unpaired) electrons. The number of hydrogen-bond donors (Lipinski definition) is 0. The van der Waals surface area contributed by atoms with Gasteiger partial charge in [0.05, 0.1) is 16.7 Å². The van der Waals surface area contributed by atoms with E-state index in [1.54, 1.807) is 36.4 Å². The number of carbonyl (C=O) groups is 3. The third-order valence-electron chi connectivity index (χ3n) is 8.93. The van der Waals surface area contributed by atoms with Gasteiger partial charge in [0.1, 0.15) is 19.8 Å². The second kappa shape index (κ2) is 17.0. The Morgan fingerprint density at radius 1 is 0.296 bits per heavy atom. The predicted octanol–water partition coefficient (Wildman–Crippen LogP) is 10.8. The number of esters is 3. The lowest BCUT2D eigenvalue weighted by atomic mass is 9.92. The molecule has 0 aromatic heterocycles. The molecule has 0 spiro atoms. The average Bonchev–Trinajstić information content (AvgIpc) is 3.25. The van der Waals surface area contributed by atoms with Crippen molar-refractivity contribution in [2.24, 2.45) is 0 Å². The zero-order valence-electron chi connectivity index (χ0n) is 29.4. The molecule has 0 aliphatic rings. The standard InChI is InChI=1S/C48H36O6/c49-46(40-10-4-1-5-11-40)52-31-34-16-22-37(23-17-34)43-28-44(38-24-18-35(19-25-38)32-53-47(50)41-12-6-2-7-13-41)30-45(29-43)39-26-20-36(21-27-39)33-54-48(51)42-14-8-3-9-15-42/h1-30H,31-33H2. The smallest absolute Gasteiger partial charge is 0.338 e. The molecule has 54 heavy (non-hydrogen) atoms. The molecule has 7 rings (SSSR count). The topological polar surface area (TPSA) is 78.9 Å². The van der Waals surface area contributed by atoms with E-state index in [9.17, 15) is 14.4 Å². The summed E-state index contributed by atoms with van der Waals surface area (Å²) in [7, 11) is 0. The zero-order valence-corrected chi connectivity index (χ0v) is 29.4. The van der Waals surface area contributed by atoms with E-state index >= 15 is 0 Å². The Hall–Kier alpha value is -7.05. The SMILES string of the molecule is O=C(OCc1ccc(-c2cc(-c3ccc(COC(=O)c4ccccc4)cc3)cc(-c3ccc(COC(=O)c4ccccc4)cc3)c2)cc1)c1ccccc1. The second-order valence-electron chi connectivity index (χ2n) is 12.7. The van der Waals surface area contributed by atoms with Crippen molar-refractivity contribution in [2.75, 3.05) is 0 Å². The monoisotopic (exact) mass is 708 g/mol. The van der Waals surface area contributed by atoms with Crippen molar-refractivity contribution in [3.63, 3.8) is 0 Å². The van der Waals surface area contributed by atoms with Crippen LogP contribution in [0.5, 0.6) is 0 Å². The van der Waals surface area contributed by atoms with Gasteiger partial charge in [0.25, 0.3) is 0 Å². The van der Waals surface area contributed by atoms with Gasteiger partial charge in [-0.1, -0.05) is 127 Å². The molecule has 7 aromatic carbocycles. The molecule has 0 atom stereocenters.